The first-order valence-corrected chi connectivity index (χ1v) is 8.78. The standard InChI is InChI=1S/C19H24N4O3/c1-14-6-10-23(21-14)11-8-20-18(24)16-7-9-22(13-16)19(25)15-4-3-5-17(12-15)26-2/h3-6,10,12,16H,7-9,11,13H2,1-2H3,(H,20,24)/t16-/m1/s1. The van der Waals surface area contributed by atoms with Gasteiger partial charge in [0.25, 0.3) is 5.91 Å². The number of likely N-dealkylation sites (tertiary alicyclic amines) is 1. The predicted octanol–water partition coefficient (Wildman–Crippen LogP) is 1.48. The van der Waals surface area contributed by atoms with Crippen LogP contribution in [0.1, 0.15) is 22.5 Å². The number of hydrogen-bond donors (Lipinski definition) is 1. The van der Waals surface area contributed by atoms with E-state index in [4.69, 9.17) is 4.74 Å². The maximum Gasteiger partial charge on any atom is 0.254 e. The highest BCUT2D eigenvalue weighted by Crippen LogP contribution is 2.21. The Labute approximate surface area is 152 Å². The minimum atomic E-state index is -0.163. The van der Waals surface area contributed by atoms with Crippen molar-refractivity contribution >= 4 is 11.8 Å². The minimum Gasteiger partial charge on any atom is -0.497 e. The lowest BCUT2D eigenvalue weighted by atomic mass is 10.1. The number of nitrogens with one attached hydrogen (secondary N) is 1. The molecule has 26 heavy (non-hydrogen) atoms. The monoisotopic (exact) mass is 356 g/mol. The first-order chi connectivity index (χ1) is 12.6. The van der Waals surface area contributed by atoms with Gasteiger partial charge in [0.15, 0.2) is 0 Å². The van der Waals surface area contributed by atoms with Crippen molar-refractivity contribution in [2.75, 3.05) is 26.7 Å². The first-order valence-electron chi connectivity index (χ1n) is 8.78. The van der Waals surface area contributed by atoms with Gasteiger partial charge in [-0.25, -0.2) is 0 Å². The van der Waals surface area contributed by atoms with Crippen LogP contribution in [-0.4, -0.2) is 53.2 Å². The van der Waals surface area contributed by atoms with Crippen LogP contribution in [0.15, 0.2) is 36.5 Å². The second-order valence-electron chi connectivity index (χ2n) is 6.48. The van der Waals surface area contributed by atoms with Crippen molar-refractivity contribution in [1.29, 1.82) is 0 Å². The predicted molar refractivity (Wildman–Crippen MR) is 97.0 cm³/mol. The minimum absolute atomic E-state index is 0.00480. The quantitative estimate of drug-likeness (QED) is 0.851. The van der Waals surface area contributed by atoms with Gasteiger partial charge in [0, 0.05) is 31.4 Å². The molecule has 2 aromatic rings. The zero-order valence-corrected chi connectivity index (χ0v) is 15.1. The molecule has 0 unspecified atom stereocenters. The molecule has 1 aromatic heterocycles. The van der Waals surface area contributed by atoms with E-state index in [0.717, 1.165) is 5.69 Å². The second kappa shape index (κ2) is 8.03. The summed E-state index contributed by atoms with van der Waals surface area (Å²) in [7, 11) is 1.57. The van der Waals surface area contributed by atoms with Gasteiger partial charge in [-0.05, 0) is 37.6 Å². The summed E-state index contributed by atoms with van der Waals surface area (Å²) in [5.74, 6) is 0.420. The molecule has 1 aliphatic heterocycles. The lowest BCUT2D eigenvalue weighted by Gasteiger charge is -2.17. The number of carbonyl (C=O) groups excluding carboxylic acids is 2. The molecule has 1 fully saturated rings. The molecule has 3 rings (SSSR count). The number of aryl methyl sites for hydroxylation is 1. The van der Waals surface area contributed by atoms with Crippen molar-refractivity contribution in [2.24, 2.45) is 5.92 Å². The number of rotatable bonds is 6. The van der Waals surface area contributed by atoms with E-state index in [1.165, 1.54) is 0 Å². The molecule has 0 bridgehead atoms. The molecular weight excluding hydrogens is 332 g/mol. The number of amides is 2. The highest BCUT2D eigenvalue weighted by Gasteiger charge is 2.31. The Morgan fingerprint density at radius 1 is 1.35 bits per heavy atom. The maximum absolute atomic E-state index is 12.6. The molecule has 7 heteroatoms. The topological polar surface area (TPSA) is 76.5 Å². The van der Waals surface area contributed by atoms with Gasteiger partial charge < -0.3 is 15.0 Å². The summed E-state index contributed by atoms with van der Waals surface area (Å²) in [6, 6.07) is 9.02. The number of aromatic nitrogens is 2. The molecule has 0 spiro atoms. The largest absolute Gasteiger partial charge is 0.497 e. The lowest BCUT2D eigenvalue weighted by molar-refractivity contribution is -0.124. The van der Waals surface area contributed by atoms with Crippen LogP contribution in [0.5, 0.6) is 5.75 Å². The highest BCUT2D eigenvalue weighted by atomic mass is 16.5. The normalized spacial score (nSPS) is 16.5. The van der Waals surface area contributed by atoms with Gasteiger partial charge >= 0.3 is 0 Å². The van der Waals surface area contributed by atoms with Crippen LogP contribution in [0.25, 0.3) is 0 Å². The third-order valence-corrected chi connectivity index (χ3v) is 4.58. The third-order valence-electron chi connectivity index (χ3n) is 4.58. The van der Waals surface area contributed by atoms with E-state index in [0.29, 0.717) is 43.9 Å². The molecule has 1 aliphatic rings. The van der Waals surface area contributed by atoms with E-state index < -0.39 is 0 Å². The molecule has 1 atom stereocenters. The summed E-state index contributed by atoms with van der Waals surface area (Å²) in [5.41, 5.74) is 1.54. The fraction of sp³-hybridized carbons (Fsp3) is 0.421. The van der Waals surface area contributed by atoms with Crippen molar-refractivity contribution in [3.8, 4) is 5.75 Å². The fourth-order valence-electron chi connectivity index (χ4n) is 3.12. The molecule has 0 radical (unpaired) electrons. The Morgan fingerprint density at radius 3 is 2.92 bits per heavy atom. The number of methoxy groups -OCH3 is 1. The van der Waals surface area contributed by atoms with Crippen molar-refractivity contribution in [2.45, 2.75) is 19.9 Å². The van der Waals surface area contributed by atoms with E-state index in [-0.39, 0.29) is 17.7 Å². The average Bonchev–Trinajstić information content (AvgIpc) is 3.30. The smallest absolute Gasteiger partial charge is 0.254 e. The second-order valence-corrected chi connectivity index (χ2v) is 6.48. The summed E-state index contributed by atoms with van der Waals surface area (Å²) in [6.07, 6.45) is 2.58. The molecule has 1 saturated heterocycles. The number of benzene rings is 1. The summed E-state index contributed by atoms with van der Waals surface area (Å²) in [6.45, 7) is 4.13. The molecule has 7 nitrogen and oxygen atoms in total. The van der Waals surface area contributed by atoms with Crippen molar-refractivity contribution in [1.82, 2.24) is 20.0 Å². The Bertz CT molecular complexity index is 787. The van der Waals surface area contributed by atoms with Gasteiger partial charge in [0.2, 0.25) is 5.91 Å². The van der Waals surface area contributed by atoms with Crippen LogP contribution in [-0.2, 0) is 11.3 Å². The average molecular weight is 356 g/mol. The highest BCUT2D eigenvalue weighted by molar-refractivity contribution is 5.95. The van der Waals surface area contributed by atoms with Crippen LogP contribution in [0.3, 0.4) is 0 Å². The van der Waals surface area contributed by atoms with E-state index in [1.807, 2.05) is 23.9 Å². The number of ether oxygens (including phenoxy) is 1. The van der Waals surface area contributed by atoms with Gasteiger partial charge in [-0.3, -0.25) is 14.3 Å². The molecule has 2 heterocycles. The molecule has 1 aromatic carbocycles. The van der Waals surface area contributed by atoms with Crippen molar-refractivity contribution < 1.29 is 14.3 Å². The van der Waals surface area contributed by atoms with Gasteiger partial charge in [0.1, 0.15) is 5.75 Å². The summed E-state index contributed by atoms with van der Waals surface area (Å²) < 4.78 is 6.98. The number of carbonyl (C=O) groups is 2. The third kappa shape index (κ3) is 4.22. The molecular formula is C19H24N4O3. The Morgan fingerprint density at radius 2 is 2.19 bits per heavy atom. The van der Waals surface area contributed by atoms with E-state index in [2.05, 4.69) is 10.4 Å². The van der Waals surface area contributed by atoms with E-state index >= 15 is 0 Å². The Hall–Kier alpha value is -2.83. The van der Waals surface area contributed by atoms with Gasteiger partial charge in [-0.15, -0.1) is 0 Å². The van der Waals surface area contributed by atoms with Crippen LogP contribution < -0.4 is 10.1 Å². The fourth-order valence-corrected chi connectivity index (χ4v) is 3.12. The van der Waals surface area contributed by atoms with Crippen LogP contribution in [0.2, 0.25) is 0 Å². The SMILES string of the molecule is COc1cccc(C(=O)N2CC[C@@H](C(=O)NCCn3ccc(C)n3)C2)c1. The van der Waals surface area contributed by atoms with E-state index in [1.54, 1.807) is 36.3 Å². The molecule has 138 valence electrons. The lowest BCUT2D eigenvalue weighted by Crippen LogP contribution is -2.36. The molecule has 0 saturated carbocycles. The van der Waals surface area contributed by atoms with Gasteiger partial charge in [-0.2, -0.15) is 5.10 Å². The Balaban J connectivity index is 1.49. The molecule has 0 aliphatic carbocycles. The van der Waals surface area contributed by atoms with Crippen molar-refractivity contribution in [3.63, 3.8) is 0 Å². The van der Waals surface area contributed by atoms with Crippen molar-refractivity contribution in [3.05, 3.63) is 47.8 Å². The van der Waals surface area contributed by atoms with Crippen LogP contribution in [0.4, 0.5) is 0 Å². The zero-order chi connectivity index (χ0) is 18.5. The molecule has 2 amide bonds. The van der Waals surface area contributed by atoms with Gasteiger partial charge in [-0.1, -0.05) is 6.07 Å². The number of hydrogen-bond acceptors (Lipinski definition) is 4. The van der Waals surface area contributed by atoms with Crippen LogP contribution >= 0.6 is 0 Å². The summed E-state index contributed by atoms with van der Waals surface area (Å²) in [5, 5.41) is 7.23. The zero-order valence-electron chi connectivity index (χ0n) is 15.1. The van der Waals surface area contributed by atoms with E-state index in [9.17, 15) is 9.59 Å². The Kier molecular flexibility index (Phi) is 5.55. The molecule has 1 N–H and O–H groups in total. The maximum atomic E-state index is 12.6. The first kappa shape index (κ1) is 18.0. The van der Waals surface area contributed by atoms with Crippen LogP contribution in [0, 0.1) is 12.8 Å². The summed E-state index contributed by atoms with van der Waals surface area (Å²) >= 11 is 0. The van der Waals surface area contributed by atoms with Gasteiger partial charge in [0.05, 0.1) is 25.3 Å². The number of nitrogens with zero attached hydrogens (tertiary/aromatic N) is 3. The summed E-state index contributed by atoms with van der Waals surface area (Å²) in [4.78, 5) is 26.7.